The number of hydrogen-bond donors (Lipinski definition) is 0. The minimum absolute atomic E-state index is 0.246. The third-order valence-corrected chi connectivity index (χ3v) is 3.69. The van der Waals surface area contributed by atoms with Gasteiger partial charge in [0.05, 0.1) is 25.9 Å². The Bertz CT molecular complexity index is 268. The van der Waals surface area contributed by atoms with Gasteiger partial charge in [-0.1, -0.05) is 22.6 Å². The van der Waals surface area contributed by atoms with Crippen LogP contribution in [0.4, 0.5) is 0 Å². The number of hydrogen-bond acceptors (Lipinski definition) is 5. The van der Waals surface area contributed by atoms with Crippen LogP contribution < -0.4 is 0 Å². The van der Waals surface area contributed by atoms with Crippen LogP contribution in [0.5, 0.6) is 0 Å². The first-order chi connectivity index (χ1) is 8.60. The van der Waals surface area contributed by atoms with Gasteiger partial charge in [-0.3, -0.25) is 9.59 Å². The molecule has 0 aliphatic carbocycles. The normalized spacial score (nSPS) is 23.8. The van der Waals surface area contributed by atoms with Gasteiger partial charge in [0.1, 0.15) is 0 Å². The number of alkyl halides is 1. The fraction of sp³-hybridized carbons (Fsp3) is 0.833. The zero-order chi connectivity index (χ0) is 13.5. The average Bonchev–Trinajstić information content (AvgIpc) is 2.33. The van der Waals surface area contributed by atoms with Crippen LogP contribution in [0.25, 0.3) is 0 Å². The predicted octanol–water partition coefficient (Wildman–Crippen LogP) is 1.71. The lowest BCUT2D eigenvalue weighted by Gasteiger charge is -2.29. The van der Waals surface area contributed by atoms with Crippen LogP contribution in [-0.2, 0) is 23.8 Å². The maximum absolute atomic E-state index is 11.8. The molecule has 2 atom stereocenters. The molecule has 0 radical (unpaired) electrons. The maximum Gasteiger partial charge on any atom is 0.323 e. The van der Waals surface area contributed by atoms with Crippen LogP contribution in [0, 0.1) is 5.92 Å². The Kier molecular flexibility index (Phi) is 6.91. The van der Waals surface area contributed by atoms with Gasteiger partial charge in [-0.25, -0.2) is 0 Å². The highest BCUT2D eigenvalue weighted by Crippen LogP contribution is 2.26. The van der Waals surface area contributed by atoms with Gasteiger partial charge in [0.25, 0.3) is 0 Å². The molecule has 0 spiro atoms. The van der Waals surface area contributed by atoms with Crippen molar-refractivity contribution < 1.29 is 23.8 Å². The van der Waals surface area contributed by atoms with Crippen molar-refractivity contribution in [1.82, 2.24) is 0 Å². The lowest BCUT2D eigenvalue weighted by atomic mass is 9.95. The van der Waals surface area contributed by atoms with Crippen molar-refractivity contribution in [3.8, 4) is 0 Å². The van der Waals surface area contributed by atoms with E-state index in [2.05, 4.69) is 22.6 Å². The minimum Gasteiger partial charge on any atom is -0.465 e. The largest absolute Gasteiger partial charge is 0.465 e. The molecule has 1 aliphatic rings. The molecule has 6 heteroatoms. The molecule has 18 heavy (non-hydrogen) atoms. The highest BCUT2D eigenvalue weighted by atomic mass is 127. The smallest absolute Gasteiger partial charge is 0.323 e. The molecule has 104 valence electrons. The van der Waals surface area contributed by atoms with Gasteiger partial charge < -0.3 is 14.2 Å². The topological polar surface area (TPSA) is 61.8 Å². The van der Waals surface area contributed by atoms with Gasteiger partial charge in [-0.05, 0) is 26.7 Å². The molecular formula is C12H19IO5. The van der Waals surface area contributed by atoms with Crippen LogP contribution >= 0.6 is 22.6 Å². The van der Waals surface area contributed by atoms with Crippen molar-refractivity contribution in [2.75, 3.05) is 19.8 Å². The van der Waals surface area contributed by atoms with Gasteiger partial charge >= 0.3 is 11.9 Å². The Morgan fingerprint density at radius 1 is 1.22 bits per heavy atom. The molecule has 0 aromatic heterocycles. The fourth-order valence-corrected chi connectivity index (χ4v) is 2.43. The summed E-state index contributed by atoms with van der Waals surface area (Å²) in [5, 5.41) is 0. The standard InChI is InChI=1S/C12H19IO5/c1-3-16-11(14)10(12(15)17-4-2)9-6-5-8(13)7-18-9/h8-10H,3-7H2,1-2H3. The molecule has 0 aromatic carbocycles. The summed E-state index contributed by atoms with van der Waals surface area (Å²) in [6.45, 7) is 4.47. The summed E-state index contributed by atoms with van der Waals surface area (Å²) in [6, 6.07) is 0. The number of carbonyl (C=O) groups is 2. The molecule has 1 fully saturated rings. The van der Waals surface area contributed by atoms with E-state index in [1.807, 2.05) is 0 Å². The molecule has 1 rings (SSSR count). The van der Waals surface area contributed by atoms with Gasteiger partial charge in [-0.2, -0.15) is 0 Å². The molecule has 1 heterocycles. The predicted molar refractivity (Wildman–Crippen MR) is 73.5 cm³/mol. The molecule has 1 saturated heterocycles. The van der Waals surface area contributed by atoms with Crippen LogP contribution in [0.2, 0.25) is 0 Å². The van der Waals surface area contributed by atoms with E-state index in [4.69, 9.17) is 14.2 Å². The minimum atomic E-state index is -0.950. The number of halogens is 1. The molecule has 1 aliphatic heterocycles. The van der Waals surface area contributed by atoms with Crippen molar-refractivity contribution in [3.05, 3.63) is 0 Å². The Hall–Kier alpha value is -0.370. The summed E-state index contributed by atoms with van der Waals surface area (Å²) in [5.74, 6) is -2.05. The average molecular weight is 370 g/mol. The summed E-state index contributed by atoms with van der Waals surface area (Å²) in [5.41, 5.74) is 0. The van der Waals surface area contributed by atoms with Crippen molar-refractivity contribution in [1.29, 1.82) is 0 Å². The van der Waals surface area contributed by atoms with Crippen molar-refractivity contribution >= 4 is 34.5 Å². The summed E-state index contributed by atoms with van der Waals surface area (Å²) in [6.07, 6.45) is 1.19. The van der Waals surface area contributed by atoms with Crippen molar-refractivity contribution in [2.45, 2.75) is 36.7 Å². The highest BCUT2D eigenvalue weighted by molar-refractivity contribution is 14.1. The van der Waals surface area contributed by atoms with Gasteiger partial charge in [0.15, 0.2) is 5.92 Å². The summed E-state index contributed by atoms with van der Waals surface area (Å²) >= 11 is 2.30. The van der Waals surface area contributed by atoms with E-state index < -0.39 is 24.0 Å². The maximum atomic E-state index is 11.8. The number of carbonyl (C=O) groups excluding carboxylic acids is 2. The molecule has 0 aromatic rings. The Labute approximate surface area is 121 Å². The first kappa shape index (κ1) is 15.7. The molecule has 0 amide bonds. The lowest BCUT2D eigenvalue weighted by molar-refractivity contribution is -0.170. The van der Waals surface area contributed by atoms with Crippen molar-refractivity contribution in [2.24, 2.45) is 5.92 Å². The van der Waals surface area contributed by atoms with E-state index in [9.17, 15) is 9.59 Å². The Morgan fingerprint density at radius 3 is 2.17 bits per heavy atom. The second-order valence-electron chi connectivity index (χ2n) is 4.03. The third kappa shape index (κ3) is 4.38. The van der Waals surface area contributed by atoms with E-state index in [-0.39, 0.29) is 13.2 Å². The number of rotatable bonds is 5. The molecule has 0 bridgehead atoms. The van der Waals surface area contributed by atoms with E-state index in [1.165, 1.54) is 0 Å². The number of esters is 2. The summed E-state index contributed by atoms with van der Waals surface area (Å²) in [7, 11) is 0. The van der Waals surface area contributed by atoms with Crippen LogP contribution in [0.15, 0.2) is 0 Å². The zero-order valence-corrected chi connectivity index (χ0v) is 12.8. The molecule has 0 saturated carbocycles. The first-order valence-corrected chi connectivity index (χ1v) is 7.43. The van der Waals surface area contributed by atoms with Gasteiger partial charge in [-0.15, -0.1) is 0 Å². The number of ether oxygens (including phenoxy) is 3. The van der Waals surface area contributed by atoms with Crippen LogP contribution in [0.1, 0.15) is 26.7 Å². The van der Waals surface area contributed by atoms with E-state index in [1.54, 1.807) is 13.8 Å². The monoisotopic (exact) mass is 370 g/mol. The second kappa shape index (κ2) is 7.93. The Morgan fingerprint density at radius 2 is 1.78 bits per heavy atom. The van der Waals surface area contributed by atoms with Crippen LogP contribution in [-0.4, -0.2) is 41.8 Å². The quantitative estimate of drug-likeness (QED) is 0.319. The lowest BCUT2D eigenvalue weighted by Crippen LogP contribution is -2.42. The first-order valence-electron chi connectivity index (χ1n) is 6.19. The molecular weight excluding hydrogens is 351 g/mol. The molecule has 0 N–H and O–H groups in total. The summed E-state index contributed by atoms with van der Waals surface area (Å²) < 4.78 is 15.9. The zero-order valence-electron chi connectivity index (χ0n) is 10.7. The highest BCUT2D eigenvalue weighted by Gasteiger charge is 2.40. The summed E-state index contributed by atoms with van der Waals surface area (Å²) in [4.78, 5) is 23.7. The third-order valence-electron chi connectivity index (χ3n) is 2.71. The van der Waals surface area contributed by atoms with Gasteiger partial charge in [0.2, 0.25) is 0 Å². The van der Waals surface area contributed by atoms with Crippen LogP contribution in [0.3, 0.4) is 0 Å². The van der Waals surface area contributed by atoms with E-state index in [0.717, 1.165) is 6.42 Å². The molecule has 5 nitrogen and oxygen atoms in total. The second-order valence-corrected chi connectivity index (χ2v) is 5.79. The Balaban J connectivity index is 2.70. The SMILES string of the molecule is CCOC(=O)C(C(=O)OCC)C1CCC(I)CO1. The van der Waals surface area contributed by atoms with Gasteiger partial charge in [0, 0.05) is 3.92 Å². The van der Waals surface area contributed by atoms with Crippen molar-refractivity contribution in [3.63, 3.8) is 0 Å². The fourth-order valence-electron chi connectivity index (χ4n) is 1.87. The van der Waals surface area contributed by atoms with E-state index in [0.29, 0.717) is 17.0 Å². The molecule has 2 unspecified atom stereocenters. The van der Waals surface area contributed by atoms with E-state index >= 15 is 0 Å².